The molecule has 5 heteroatoms. The number of rotatable bonds is 3. The molecule has 1 aromatic heterocycles. The Morgan fingerprint density at radius 1 is 1.28 bits per heavy atom. The summed E-state index contributed by atoms with van der Waals surface area (Å²) in [4.78, 5) is 8.48. The molecule has 0 saturated heterocycles. The van der Waals surface area contributed by atoms with Gasteiger partial charge in [-0.15, -0.1) is 0 Å². The van der Waals surface area contributed by atoms with Gasteiger partial charge in [-0.1, -0.05) is 15.9 Å². The Hall–Kier alpha value is -1.33. The molecule has 94 valence electrons. The molecule has 2 rings (SSSR count). The van der Waals surface area contributed by atoms with Gasteiger partial charge in [0.25, 0.3) is 0 Å². The zero-order chi connectivity index (χ0) is 13.1. The van der Waals surface area contributed by atoms with E-state index in [1.165, 1.54) is 6.07 Å². The van der Waals surface area contributed by atoms with Gasteiger partial charge in [0.15, 0.2) is 0 Å². The third-order valence-corrected chi connectivity index (χ3v) is 3.15. The van der Waals surface area contributed by atoms with Crippen LogP contribution >= 0.6 is 15.9 Å². The molecular weight excluding hydrogens is 297 g/mol. The van der Waals surface area contributed by atoms with Gasteiger partial charge >= 0.3 is 0 Å². The molecule has 0 radical (unpaired) electrons. The maximum Gasteiger partial charge on any atom is 0.128 e. The van der Waals surface area contributed by atoms with Crippen molar-refractivity contribution in [2.45, 2.75) is 13.0 Å². The lowest BCUT2D eigenvalue weighted by molar-refractivity contribution is 0.569. The minimum absolute atomic E-state index is 0.264. The molecule has 1 heterocycles. The van der Waals surface area contributed by atoms with Crippen LogP contribution in [-0.2, 0) is 0 Å². The minimum Gasteiger partial charge on any atom is -0.308 e. The fourth-order valence-electron chi connectivity index (χ4n) is 1.75. The Bertz CT molecular complexity index is 542. The maximum atomic E-state index is 13.9. The van der Waals surface area contributed by atoms with Crippen LogP contribution in [0.4, 0.5) is 4.39 Å². The van der Waals surface area contributed by atoms with Gasteiger partial charge in [0.1, 0.15) is 5.82 Å². The molecule has 0 bridgehead atoms. The van der Waals surface area contributed by atoms with Crippen molar-refractivity contribution < 1.29 is 4.39 Å². The van der Waals surface area contributed by atoms with E-state index in [1.54, 1.807) is 31.6 Å². The van der Waals surface area contributed by atoms with Gasteiger partial charge < -0.3 is 5.32 Å². The number of aryl methyl sites for hydroxylation is 1. The monoisotopic (exact) mass is 309 g/mol. The SMILES string of the molecule is CNC(c1cnc(C)cn1)c1cc(Br)ccc1F. The van der Waals surface area contributed by atoms with E-state index >= 15 is 0 Å². The lowest BCUT2D eigenvalue weighted by atomic mass is 10.0. The first-order chi connectivity index (χ1) is 8.61. The topological polar surface area (TPSA) is 37.8 Å². The van der Waals surface area contributed by atoms with E-state index in [2.05, 4.69) is 31.2 Å². The molecule has 0 fully saturated rings. The Labute approximate surface area is 114 Å². The molecule has 3 nitrogen and oxygen atoms in total. The highest BCUT2D eigenvalue weighted by atomic mass is 79.9. The fraction of sp³-hybridized carbons (Fsp3) is 0.231. The van der Waals surface area contributed by atoms with Gasteiger partial charge in [0.05, 0.1) is 23.6 Å². The Balaban J connectivity index is 2.44. The number of benzene rings is 1. The predicted molar refractivity (Wildman–Crippen MR) is 71.8 cm³/mol. The third kappa shape index (κ3) is 2.73. The largest absolute Gasteiger partial charge is 0.308 e. The van der Waals surface area contributed by atoms with Crippen LogP contribution in [0.15, 0.2) is 35.1 Å². The molecule has 1 N–H and O–H groups in total. The van der Waals surface area contributed by atoms with Crippen molar-refractivity contribution in [1.82, 2.24) is 15.3 Å². The van der Waals surface area contributed by atoms with Crippen LogP contribution in [0.2, 0.25) is 0 Å². The highest BCUT2D eigenvalue weighted by molar-refractivity contribution is 9.10. The molecular formula is C13H13BrFN3. The minimum atomic E-state index is -0.310. The lowest BCUT2D eigenvalue weighted by Gasteiger charge is -2.17. The van der Waals surface area contributed by atoms with Gasteiger partial charge in [-0.2, -0.15) is 0 Å². The number of nitrogens with one attached hydrogen (secondary N) is 1. The van der Waals surface area contributed by atoms with E-state index in [0.29, 0.717) is 11.3 Å². The summed E-state index contributed by atoms with van der Waals surface area (Å²) in [6.07, 6.45) is 3.34. The number of hydrogen-bond acceptors (Lipinski definition) is 3. The molecule has 2 aromatic rings. The lowest BCUT2D eigenvalue weighted by Crippen LogP contribution is -2.20. The quantitative estimate of drug-likeness (QED) is 0.947. The zero-order valence-electron chi connectivity index (χ0n) is 10.1. The fourth-order valence-corrected chi connectivity index (χ4v) is 2.13. The van der Waals surface area contributed by atoms with E-state index in [1.807, 2.05) is 6.92 Å². The molecule has 0 aliphatic carbocycles. The van der Waals surface area contributed by atoms with Crippen LogP contribution in [0.3, 0.4) is 0 Å². The normalized spacial score (nSPS) is 12.4. The average Bonchev–Trinajstić information content (AvgIpc) is 2.37. The average molecular weight is 310 g/mol. The van der Waals surface area contributed by atoms with Crippen molar-refractivity contribution in [3.63, 3.8) is 0 Å². The number of aromatic nitrogens is 2. The number of halogens is 2. The van der Waals surface area contributed by atoms with Crippen LogP contribution in [0, 0.1) is 12.7 Å². The van der Waals surface area contributed by atoms with Crippen LogP contribution in [0.5, 0.6) is 0 Å². The van der Waals surface area contributed by atoms with E-state index in [4.69, 9.17) is 0 Å². The summed E-state index contributed by atoms with van der Waals surface area (Å²) in [5.74, 6) is -0.264. The second kappa shape index (κ2) is 5.54. The number of nitrogens with zero attached hydrogens (tertiary/aromatic N) is 2. The van der Waals surface area contributed by atoms with E-state index in [-0.39, 0.29) is 11.9 Å². The van der Waals surface area contributed by atoms with Gasteiger partial charge in [-0.3, -0.25) is 9.97 Å². The van der Waals surface area contributed by atoms with Crippen molar-refractivity contribution >= 4 is 15.9 Å². The number of hydrogen-bond donors (Lipinski definition) is 1. The smallest absolute Gasteiger partial charge is 0.128 e. The van der Waals surface area contributed by atoms with Crippen LogP contribution in [0.1, 0.15) is 23.0 Å². The Morgan fingerprint density at radius 2 is 2.06 bits per heavy atom. The van der Waals surface area contributed by atoms with Gasteiger partial charge in [-0.25, -0.2) is 4.39 Å². The van der Waals surface area contributed by atoms with Gasteiger partial charge in [-0.05, 0) is 32.2 Å². The summed E-state index contributed by atoms with van der Waals surface area (Å²) < 4.78 is 14.7. The van der Waals surface area contributed by atoms with E-state index in [0.717, 1.165) is 10.2 Å². The third-order valence-electron chi connectivity index (χ3n) is 2.65. The molecule has 0 aliphatic rings. The summed E-state index contributed by atoms with van der Waals surface area (Å²) in [7, 11) is 1.77. The zero-order valence-corrected chi connectivity index (χ0v) is 11.7. The molecule has 1 aromatic carbocycles. The molecule has 1 unspecified atom stereocenters. The summed E-state index contributed by atoms with van der Waals surface area (Å²) in [5, 5.41) is 3.06. The first-order valence-electron chi connectivity index (χ1n) is 5.52. The van der Waals surface area contributed by atoms with E-state index < -0.39 is 0 Å². The summed E-state index contributed by atoms with van der Waals surface area (Å²) in [6.45, 7) is 1.87. The van der Waals surface area contributed by atoms with E-state index in [9.17, 15) is 4.39 Å². The highest BCUT2D eigenvalue weighted by Crippen LogP contribution is 2.25. The maximum absolute atomic E-state index is 13.9. The second-order valence-corrected chi connectivity index (χ2v) is 4.89. The molecule has 18 heavy (non-hydrogen) atoms. The van der Waals surface area contributed by atoms with Crippen LogP contribution in [-0.4, -0.2) is 17.0 Å². The summed E-state index contributed by atoms with van der Waals surface area (Å²) >= 11 is 3.35. The summed E-state index contributed by atoms with van der Waals surface area (Å²) in [6, 6.07) is 4.55. The molecule has 0 amide bonds. The van der Waals surface area contributed by atoms with Crippen molar-refractivity contribution in [2.75, 3.05) is 7.05 Å². The van der Waals surface area contributed by atoms with Crippen LogP contribution < -0.4 is 5.32 Å². The summed E-state index contributed by atoms with van der Waals surface area (Å²) in [5.41, 5.74) is 2.08. The van der Waals surface area contributed by atoms with Crippen molar-refractivity contribution in [3.05, 3.63) is 57.8 Å². The van der Waals surface area contributed by atoms with Crippen molar-refractivity contribution in [1.29, 1.82) is 0 Å². The van der Waals surface area contributed by atoms with Crippen molar-refractivity contribution in [2.24, 2.45) is 0 Å². The second-order valence-electron chi connectivity index (χ2n) is 3.97. The predicted octanol–water partition coefficient (Wildman–Crippen LogP) is 3.00. The Morgan fingerprint density at radius 3 is 2.67 bits per heavy atom. The van der Waals surface area contributed by atoms with Crippen molar-refractivity contribution in [3.8, 4) is 0 Å². The molecule has 0 aliphatic heterocycles. The highest BCUT2D eigenvalue weighted by Gasteiger charge is 2.18. The van der Waals surface area contributed by atoms with Crippen LogP contribution in [0.25, 0.3) is 0 Å². The standard InChI is InChI=1S/C13H13BrFN3/c1-8-6-18-12(7-17-8)13(16-2)10-5-9(14)3-4-11(10)15/h3-7,13,16H,1-2H3. The molecule has 0 spiro atoms. The first-order valence-corrected chi connectivity index (χ1v) is 6.32. The Kier molecular flexibility index (Phi) is 4.04. The molecule has 0 saturated carbocycles. The van der Waals surface area contributed by atoms with Gasteiger partial charge in [0.2, 0.25) is 0 Å². The van der Waals surface area contributed by atoms with Gasteiger partial charge in [0, 0.05) is 16.2 Å². The molecule has 1 atom stereocenters. The first kappa shape index (κ1) is 13.1.